The maximum Gasteiger partial charge on any atom is 0.416 e. The molecule has 5 rings (SSSR count). The van der Waals surface area contributed by atoms with Crippen molar-refractivity contribution in [1.82, 2.24) is 30.4 Å². The van der Waals surface area contributed by atoms with Gasteiger partial charge in [-0.15, -0.1) is 0 Å². The summed E-state index contributed by atoms with van der Waals surface area (Å²) in [7, 11) is 0. The second-order valence-corrected chi connectivity index (χ2v) is 7.29. The molecule has 8 nitrogen and oxygen atoms in total. The van der Waals surface area contributed by atoms with Crippen molar-refractivity contribution < 1.29 is 13.2 Å². The Morgan fingerprint density at radius 2 is 1.97 bits per heavy atom. The van der Waals surface area contributed by atoms with E-state index in [9.17, 15) is 13.2 Å². The van der Waals surface area contributed by atoms with E-state index >= 15 is 0 Å². The zero-order chi connectivity index (χ0) is 20.9. The number of nitrogens with two attached hydrogens (primary N) is 1. The Labute approximate surface area is 168 Å². The number of anilines is 2. The second-order valence-electron chi connectivity index (χ2n) is 7.29. The van der Waals surface area contributed by atoms with E-state index in [0.717, 1.165) is 30.7 Å². The van der Waals surface area contributed by atoms with Crippen LogP contribution in [0.2, 0.25) is 0 Å². The number of hydrogen-bond acceptors (Lipinski definition) is 6. The van der Waals surface area contributed by atoms with E-state index in [1.807, 2.05) is 6.07 Å². The maximum absolute atomic E-state index is 13.2. The minimum atomic E-state index is -4.46. The van der Waals surface area contributed by atoms with Crippen LogP contribution in [0.4, 0.5) is 24.9 Å². The summed E-state index contributed by atoms with van der Waals surface area (Å²) >= 11 is 0. The molecular formula is C19H17F3N8. The number of nitrogens with zero attached hydrogens (tertiary/aromatic N) is 4. The highest BCUT2D eigenvalue weighted by atomic mass is 19.4. The van der Waals surface area contributed by atoms with Crippen LogP contribution < -0.4 is 11.1 Å². The zero-order valence-corrected chi connectivity index (χ0v) is 15.6. The lowest BCUT2D eigenvalue weighted by molar-refractivity contribution is -0.137. The number of hydrogen-bond donors (Lipinski definition) is 4. The van der Waals surface area contributed by atoms with Crippen molar-refractivity contribution in [3.8, 4) is 11.3 Å². The molecule has 0 unspecified atom stereocenters. The number of benzene rings is 1. The fraction of sp³-hybridized carbons (Fsp3) is 0.263. The van der Waals surface area contributed by atoms with E-state index < -0.39 is 11.7 Å². The number of halogens is 3. The van der Waals surface area contributed by atoms with Gasteiger partial charge >= 0.3 is 6.18 Å². The van der Waals surface area contributed by atoms with Crippen LogP contribution >= 0.6 is 0 Å². The number of H-pyrrole nitrogens is 2. The first-order valence-electron chi connectivity index (χ1n) is 9.34. The third-order valence-electron chi connectivity index (χ3n) is 5.12. The van der Waals surface area contributed by atoms with Crippen molar-refractivity contribution >= 4 is 22.7 Å². The number of nitrogens with one attached hydrogen (secondary N) is 3. The summed E-state index contributed by atoms with van der Waals surface area (Å²) in [5, 5.41) is 17.2. The number of fused-ring (bicyclic) bond motifs is 1. The van der Waals surface area contributed by atoms with Gasteiger partial charge in [0.25, 0.3) is 0 Å². The molecule has 1 aromatic carbocycles. The van der Waals surface area contributed by atoms with Gasteiger partial charge in [0.15, 0.2) is 0 Å². The Hall–Kier alpha value is -3.63. The van der Waals surface area contributed by atoms with Crippen molar-refractivity contribution in [1.29, 1.82) is 0 Å². The molecule has 154 valence electrons. The number of aromatic amines is 2. The Morgan fingerprint density at radius 3 is 2.70 bits per heavy atom. The summed E-state index contributed by atoms with van der Waals surface area (Å²) < 4.78 is 39.5. The summed E-state index contributed by atoms with van der Waals surface area (Å²) in [6, 6.07) is 4.07. The molecule has 0 saturated heterocycles. The van der Waals surface area contributed by atoms with Crippen LogP contribution in [0.15, 0.2) is 30.6 Å². The SMILES string of the molecule is Nc1nc(NCc2cc(C(F)(F)F)cc3[nH]ncc23)ncc1-c1cc(C2CC2)[nH]n1. The molecule has 30 heavy (non-hydrogen) atoms. The highest BCUT2D eigenvalue weighted by molar-refractivity contribution is 5.83. The second kappa shape index (κ2) is 6.71. The standard InChI is InChI=1S/C19H17F3N8/c20-19(21,22)11-3-10(12-8-26-28-15(12)4-11)6-24-18-25-7-13(17(23)27-18)16-5-14(29-30-16)9-1-2-9/h3-5,7-9H,1-2,6H2,(H,26,28)(H,29,30)(H3,23,24,25,27). The molecule has 0 aliphatic heterocycles. The van der Waals surface area contributed by atoms with Crippen molar-refractivity contribution in [2.24, 2.45) is 0 Å². The Balaban J connectivity index is 1.37. The first-order valence-corrected chi connectivity index (χ1v) is 9.34. The molecule has 0 amide bonds. The minimum Gasteiger partial charge on any atom is -0.383 e. The molecular weight excluding hydrogens is 397 g/mol. The lowest BCUT2D eigenvalue weighted by atomic mass is 10.1. The van der Waals surface area contributed by atoms with Crippen LogP contribution in [-0.4, -0.2) is 30.4 Å². The van der Waals surface area contributed by atoms with Gasteiger partial charge < -0.3 is 11.1 Å². The van der Waals surface area contributed by atoms with Crippen LogP contribution in [-0.2, 0) is 12.7 Å². The van der Waals surface area contributed by atoms with E-state index in [1.54, 1.807) is 6.20 Å². The number of nitrogen functional groups attached to an aromatic ring is 1. The average molecular weight is 414 g/mol. The maximum atomic E-state index is 13.2. The van der Waals surface area contributed by atoms with Gasteiger partial charge in [0.1, 0.15) is 5.82 Å². The third kappa shape index (κ3) is 3.42. The smallest absolute Gasteiger partial charge is 0.383 e. The molecule has 1 aliphatic carbocycles. The lowest BCUT2D eigenvalue weighted by Gasteiger charge is -2.11. The summed E-state index contributed by atoms with van der Waals surface area (Å²) in [6.45, 7) is 0.0764. The zero-order valence-electron chi connectivity index (χ0n) is 15.6. The largest absolute Gasteiger partial charge is 0.416 e. The van der Waals surface area contributed by atoms with Gasteiger partial charge in [0, 0.05) is 29.7 Å². The molecule has 3 heterocycles. The highest BCUT2D eigenvalue weighted by Gasteiger charge is 2.31. The predicted octanol–water partition coefficient (Wildman–Crippen LogP) is 3.83. The normalized spacial score (nSPS) is 14.4. The Kier molecular flexibility index (Phi) is 4.12. The predicted molar refractivity (Wildman–Crippen MR) is 104 cm³/mol. The van der Waals surface area contributed by atoms with Crippen LogP contribution in [0.25, 0.3) is 22.2 Å². The molecule has 4 aromatic rings. The van der Waals surface area contributed by atoms with Gasteiger partial charge in [-0.1, -0.05) is 0 Å². The molecule has 11 heteroatoms. The Morgan fingerprint density at radius 1 is 1.13 bits per heavy atom. The first kappa shape index (κ1) is 18.4. The summed E-state index contributed by atoms with van der Waals surface area (Å²) in [4.78, 5) is 8.47. The lowest BCUT2D eigenvalue weighted by Crippen LogP contribution is -2.09. The summed E-state index contributed by atoms with van der Waals surface area (Å²) in [5.74, 6) is 0.976. The first-order chi connectivity index (χ1) is 14.4. The van der Waals surface area contributed by atoms with E-state index in [1.165, 1.54) is 6.20 Å². The van der Waals surface area contributed by atoms with Crippen molar-refractivity contribution in [3.05, 3.63) is 47.4 Å². The Bertz CT molecular complexity index is 1220. The molecule has 3 aromatic heterocycles. The van der Waals surface area contributed by atoms with Gasteiger partial charge in [0.05, 0.1) is 28.5 Å². The summed E-state index contributed by atoms with van der Waals surface area (Å²) in [6.07, 6.45) is 0.877. The molecule has 5 N–H and O–H groups in total. The van der Waals surface area contributed by atoms with Gasteiger partial charge in [0.2, 0.25) is 5.95 Å². The molecule has 1 aliphatic rings. The molecule has 1 saturated carbocycles. The van der Waals surface area contributed by atoms with Crippen LogP contribution in [0.5, 0.6) is 0 Å². The van der Waals surface area contributed by atoms with E-state index in [-0.39, 0.29) is 18.3 Å². The highest BCUT2D eigenvalue weighted by Crippen LogP contribution is 2.40. The van der Waals surface area contributed by atoms with E-state index in [4.69, 9.17) is 5.73 Å². The van der Waals surface area contributed by atoms with Crippen LogP contribution in [0, 0.1) is 0 Å². The molecule has 0 atom stereocenters. The van der Waals surface area contributed by atoms with Crippen molar-refractivity contribution in [2.75, 3.05) is 11.1 Å². The van der Waals surface area contributed by atoms with Crippen molar-refractivity contribution in [2.45, 2.75) is 31.5 Å². The van der Waals surface area contributed by atoms with Crippen LogP contribution in [0.3, 0.4) is 0 Å². The fourth-order valence-corrected chi connectivity index (χ4v) is 3.36. The van der Waals surface area contributed by atoms with Crippen molar-refractivity contribution in [3.63, 3.8) is 0 Å². The van der Waals surface area contributed by atoms with Crippen LogP contribution in [0.1, 0.15) is 35.6 Å². The minimum absolute atomic E-state index is 0.0764. The van der Waals surface area contributed by atoms with E-state index in [0.29, 0.717) is 33.6 Å². The van der Waals surface area contributed by atoms with Gasteiger partial charge in [-0.2, -0.15) is 28.4 Å². The molecule has 1 fully saturated rings. The number of rotatable bonds is 5. The topological polar surface area (TPSA) is 121 Å². The monoisotopic (exact) mass is 414 g/mol. The summed E-state index contributed by atoms with van der Waals surface area (Å²) in [5.41, 5.74) is 8.38. The number of aromatic nitrogens is 6. The van der Waals surface area contributed by atoms with Gasteiger partial charge in [-0.3, -0.25) is 10.2 Å². The van der Waals surface area contributed by atoms with Gasteiger partial charge in [-0.25, -0.2) is 4.98 Å². The fourth-order valence-electron chi connectivity index (χ4n) is 3.36. The molecule has 0 radical (unpaired) electrons. The quantitative estimate of drug-likeness (QED) is 0.394. The average Bonchev–Trinajstić information content (AvgIpc) is 3.23. The van der Waals surface area contributed by atoms with Gasteiger partial charge in [-0.05, 0) is 36.6 Å². The number of alkyl halides is 3. The third-order valence-corrected chi connectivity index (χ3v) is 5.12. The van der Waals surface area contributed by atoms with E-state index in [2.05, 4.69) is 35.7 Å². The molecule has 0 spiro atoms. The molecule has 0 bridgehead atoms.